The first-order valence-corrected chi connectivity index (χ1v) is 7.53. The topological polar surface area (TPSA) is 58.2 Å². The van der Waals surface area contributed by atoms with Gasteiger partial charge in [-0.2, -0.15) is 0 Å². The quantitative estimate of drug-likeness (QED) is 0.603. The van der Waals surface area contributed by atoms with Gasteiger partial charge in [-0.05, 0) is 59.8 Å². The van der Waals surface area contributed by atoms with Crippen molar-refractivity contribution in [1.29, 1.82) is 0 Å². The first-order valence-electron chi connectivity index (χ1n) is 6.45. The highest BCUT2D eigenvalue weighted by Crippen LogP contribution is 2.15. The third kappa shape index (κ3) is 4.56. The standard InChI is InChI=1S/C16H15IN2O2/c1-11(20)14-7-2-3-8-15(14)18-10-16(21)19-13-6-4-5-12(17)9-13/h2-9,18H,10H2,1H3,(H,19,21). The summed E-state index contributed by atoms with van der Waals surface area (Å²) >= 11 is 2.19. The molecule has 0 aliphatic rings. The van der Waals surface area contributed by atoms with E-state index < -0.39 is 0 Å². The maximum Gasteiger partial charge on any atom is 0.243 e. The number of nitrogens with one attached hydrogen (secondary N) is 2. The van der Waals surface area contributed by atoms with Gasteiger partial charge in [0.05, 0.1) is 6.54 Å². The van der Waals surface area contributed by atoms with Crippen molar-refractivity contribution < 1.29 is 9.59 Å². The van der Waals surface area contributed by atoms with Gasteiger partial charge >= 0.3 is 0 Å². The number of hydrogen-bond acceptors (Lipinski definition) is 3. The van der Waals surface area contributed by atoms with Gasteiger partial charge in [-0.1, -0.05) is 18.2 Å². The van der Waals surface area contributed by atoms with E-state index in [4.69, 9.17) is 0 Å². The van der Waals surface area contributed by atoms with Crippen molar-refractivity contribution in [3.05, 3.63) is 57.7 Å². The van der Waals surface area contributed by atoms with Crippen molar-refractivity contribution in [2.24, 2.45) is 0 Å². The maximum absolute atomic E-state index is 11.9. The molecule has 0 atom stereocenters. The summed E-state index contributed by atoms with van der Waals surface area (Å²) in [5.74, 6) is -0.188. The molecule has 2 rings (SSSR count). The molecule has 0 aliphatic carbocycles. The van der Waals surface area contributed by atoms with Gasteiger partial charge < -0.3 is 10.6 Å². The Morgan fingerprint density at radius 2 is 1.86 bits per heavy atom. The largest absolute Gasteiger partial charge is 0.376 e. The highest BCUT2D eigenvalue weighted by atomic mass is 127. The van der Waals surface area contributed by atoms with Crippen molar-refractivity contribution in [1.82, 2.24) is 0 Å². The molecule has 2 aromatic carbocycles. The van der Waals surface area contributed by atoms with E-state index in [1.807, 2.05) is 30.3 Å². The Bertz CT molecular complexity index is 671. The minimum atomic E-state index is -0.157. The van der Waals surface area contributed by atoms with Crippen LogP contribution >= 0.6 is 22.6 Å². The number of hydrogen-bond donors (Lipinski definition) is 2. The summed E-state index contributed by atoms with van der Waals surface area (Å²) < 4.78 is 1.06. The minimum Gasteiger partial charge on any atom is -0.376 e. The van der Waals surface area contributed by atoms with Crippen LogP contribution in [0.4, 0.5) is 11.4 Å². The van der Waals surface area contributed by atoms with Crippen molar-refractivity contribution in [2.45, 2.75) is 6.92 Å². The van der Waals surface area contributed by atoms with Crippen molar-refractivity contribution in [2.75, 3.05) is 17.2 Å². The van der Waals surface area contributed by atoms with Crippen LogP contribution in [-0.2, 0) is 4.79 Å². The lowest BCUT2D eigenvalue weighted by Crippen LogP contribution is -2.22. The van der Waals surface area contributed by atoms with Gasteiger partial charge in [0.25, 0.3) is 0 Å². The van der Waals surface area contributed by atoms with Crippen molar-refractivity contribution >= 4 is 45.7 Å². The molecule has 0 saturated carbocycles. The highest BCUT2D eigenvalue weighted by Gasteiger charge is 2.08. The Hall–Kier alpha value is -1.89. The molecule has 0 radical (unpaired) electrons. The molecule has 0 saturated heterocycles. The molecule has 2 N–H and O–H groups in total. The van der Waals surface area contributed by atoms with Crippen LogP contribution in [-0.4, -0.2) is 18.2 Å². The summed E-state index contributed by atoms with van der Waals surface area (Å²) in [5.41, 5.74) is 2.01. The number of anilines is 2. The van der Waals surface area contributed by atoms with Crippen molar-refractivity contribution in [3.63, 3.8) is 0 Å². The fraction of sp³-hybridized carbons (Fsp3) is 0.125. The number of para-hydroxylation sites is 1. The second kappa shape index (κ2) is 7.21. The van der Waals surface area contributed by atoms with Crippen LogP contribution in [0.3, 0.4) is 0 Å². The van der Waals surface area contributed by atoms with Crippen LogP contribution < -0.4 is 10.6 Å². The number of benzene rings is 2. The van der Waals surface area contributed by atoms with Gasteiger partial charge in [0.15, 0.2) is 5.78 Å². The van der Waals surface area contributed by atoms with Gasteiger partial charge in [0.2, 0.25) is 5.91 Å². The number of carbonyl (C=O) groups excluding carboxylic acids is 2. The summed E-state index contributed by atoms with van der Waals surface area (Å²) in [4.78, 5) is 23.4. The predicted molar refractivity (Wildman–Crippen MR) is 92.7 cm³/mol. The Morgan fingerprint density at radius 3 is 2.57 bits per heavy atom. The first kappa shape index (κ1) is 15.5. The molecule has 108 valence electrons. The number of Topliss-reactive ketones (excluding diaryl/α,β-unsaturated/α-hetero) is 1. The van der Waals surface area contributed by atoms with E-state index in [0.29, 0.717) is 11.3 Å². The number of amides is 1. The first-order chi connectivity index (χ1) is 10.1. The van der Waals surface area contributed by atoms with E-state index in [2.05, 4.69) is 33.2 Å². The van der Waals surface area contributed by atoms with E-state index in [1.54, 1.807) is 18.2 Å². The Morgan fingerprint density at radius 1 is 1.10 bits per heavy atom. The Kier molecular flexibility index (Phi) is 5.32. The molecule has 21 heavy (non-hydrogen) atoms. The Labute approximate surface area is 137 Å². The van der Waals surface area contributed by atoms with E-state index in [9.17, 15) is 9.59 Å². The molecule has 0 bridgehead atoms. The Balaban J connectivity index is 1.97. The normalized spacial score (nSPS) is 10.0. The molecule has 1 amide bonds. The average molecular weight is 394 g/mol. The van der Waals surface area contributed by atoms with Gasteiger partial charge in [-0.3, -0.25) is 9.59 Å². The van der Waals surface area contributed by atoms with Crippen molar-refractivity contribution in [3.8, 4) is 0 Å². The third-order valence-electron chi connectivity index (χ3n) is 2.85. The zero-order chi connectivity index (χ0) is 15.2. The fourth-order valence-electron chi connectivity index (χ4n) is 1.89. The number of ketones is 1. The number of halogens is 1. The highest BCUT2D eigenvalue weighted by molar-refractivity contribution is 14.1. The van der Waals surface area contributed by atoms with Crippen LogP contribution in [0.2, 0.25) is 0 Å². The van der Waals surface area contributed by atoms with Gasteiger partial charge in [-0.15, -0.1) is 0 Å². The maximum atomic E-state index is 11.9. The van der Waals surface area contributed by atoms with Gasteiger partial charge in [0.1, 0.15) is 0 Å². The zero-order valence-corrected chi connectivity index (χ0v) is 13.7. The lowest BCUT2D eigenvalue weighted by molar-refractivity contribution is -0.114. The van der Waals surface area contributed by atoms with E-state index in [-0.39, 0.29) is 18.2 Å². The van der Waals surface area contributed by atoms with Crippen LogP contribution in [0.15, 0.2) is 48.5 Å². The zero-order valence-electron chi connectivity index (χ0n) is 11.5. The second-order valence-electron chi connectivity index (χ2n) is 4.51. The molecule has 0 spiro atoms. The van der Waals surface area contributed by atoms with Gasteiger partial charge in [0, 0.05) is 20.5 Å². The summed E-state index contributed by atoms with van der Waals surface area (Å²) in [7, 11) is 0. The number of rotatable bonds is 5. The molecular formula is C16H15IN2O2. The summed E-state index contributed by atoms with van der Waals surface area (Å²) in [6.45, 7) is 1.61. The molecule has 0 unspecified atom stereocenters. The SMILES string of the molecule is CC(=O)c1ccccc1NCC(=O)Nc1cccc(I)c1. The van der Waals surface area contributed by atoms with E-state index in [1.165, 1.54) is 6.92 Å². The minimum absolute atomic E-state index is 0.0314. The predicted octanol–water partition coefficient (Wildman–Crippen LogP) is 3.54. The molecule has 0 fully saturated rings. The molecule has 5 heteroatoms. The van der Waals surface area contributed by atoms with Gasteiger partial charge in [-0.25, -0.2) is 0 Å². The summed E-state index contributed by atoms with van der Waals surface area (Å²) in [6, 6.07) is 14.7. The summed E-state index contributed by atoms with van der Waals surface area (Å²) in [5, 5.41) is 5.80. The molecule has 0 aromatic heterocycles. The second-order valence-corrected chi connectivity index (χ2v) is 5.76. The average Bonchev–Trinajstić information content (AvgIpc) is 2.45. The molecular weight excluding hydrogens is 379 g/mol. The molecule has 2 aromatic rings. The van der Waals surface area contributed by atoms with E-state index in [0.717, 1.165) is 9.26 Å². The summed E-state index contributed by atoms with van der Waals surface area (Å²) in [6.07, 6.45) is 0. The molecule has 0 aliphatic heterocycles. The third-order valence-corrected chi connectivity index (χ3v) is 3.53. The molecule has 0 heterocycles. The lowest BCUT2D eigenvalue weighted by Gasteiger charge is -2.10. The fourth-order valence-corrected chi connectivity index (χ4v) is 2.43. The van der Waals surface area contributed by atoms with E-state index >= 15 is 0 Å². The number of carbonyl (C=O) groups is 2. The van der Waals surface area contributed by atoms with Crippen LogP contribution in [0.25, 0.3) is 0 Å². The van der Waals surface area contributed by atoms with Crippen LogP contribution in [0.1, 0.15) is 17.3 Å². The van der Waals surface area contributed by atoms with Crippen LogP contribution in [0.5, 0.6) is 0 Å². The molecule has 4 nitrogen and oxygen atoms in total. The monoisotopic (exact) mass is 394 g/mol. The van der Waals surface area contributed by atoms with Crippen LogP contribution in [0, 0.1) is 3.57 Å². The smallest absolute Gasteiger partial charge is 0.243 e. The lowest BCUT2D eigenvalue weighted by atomic mass is 10.1.